The highest BCUT2D eigenvalue weighted by molar-refractivity contribution is 7.09. The molecule has 7 heteroatoms. The van der Waals surface area contributed by atoms with Gasteiger partial charge >= 0.3 is 0 Å². The number of hydrogen-bond donors (Lipinski definition) is 1. The van der Waals surface area contributed by atoms with Crippen LogP contribution in [0.5, 0.6) is 0 Å². The average molecular weight is 368 g/mol. The number of rotatable bonds is 7. The maximum absolute atomic E-state index is 5.34. The van der Waals surface area contributed by atoms with Gasteiger partial charge in [-0.25, -0.2) is 4.98 Å². The summed E-state index contributed by atoms with van der Waals surface area (Å²) in [5.41, 5.74) is 1.05. The Bertz CT molecular complexity index is 547. The first kappa shape index (κ1) is 20.1. The summed E-state index contributed by atoms with van der Waals surface area (Å²) in [6.45, 7) is 8.31. The third kappa shape index (κ3) is 5.94. The highest BCUT2D eigenvalue weighted by Gasteiger charge is 2.18. The van der Waals surface area contributed by atoms with Crippen molar-refractivity contribution in [2.45, 2.75) is 51.8 Å². The van der Waals surface area contributed by atoms with Gasteiger partial charge in [-0.1, -0.05) is 6.42 Å². The molecule has 1 fully saturated rings. The van der Waals surface area contributed by atoms with E-state index in [4.69, 9.17) is 4.74 Å². The number of aromatic nitrogens is 1. The van der Waals surface area contributed by atoms with Crippen LogP contribution in [-0.2, 0) is 11.3 Å². The summed E-state index contributed by atoms with van der Waals surface area (Å²) < 4.78 is 5.34. The minimum atomic E-state index is 0.0491. The maximum Gasteiger partial charge on any atom is 0.193 e. The maximum atomic E-state index is 5.34. The molecule has 2 atom stereocenters. The molecule has 1 aliphatic rings. The van der Waals surface area contributed by atoms with Gasteiger partial charge in [0.2, 0.25) is 0 Å². The van der Waals surface area contributed by atoms with E-state index in [9.17, 15) is 0 Å². The molecule has 0 saturated carbocycles. The zero-order chi connectivity index (χ0) is 18.2. The molecule has 0 radical (unpaired) electrons. The molecule has 2 heterocycles. The number of nitrogens with one attached hydrogen (secondary N) is 1. The Morgan fingerprint density at radius 1 is 1.56 bits per heavy atom. The molecule has 0 bridgehead atoms. The number of methoxy groups -OCH3 is 1. The number of guanidine groups is 1. The fourth-order valence-corrected chi connectivity index (χ4v) is 4.03. The van der Waals surface area contributed by atoms with E-state index >= 15 is 0 Å². The van der Waals surface area contributed by atoms with E-state index in [1.807, 2.05) is 14.0 Å². The Hall–Kier alpha value is -1.18. The van der Waals surface area contributed by atoms with Crippen LogP contribution in [0.15, 0.2) is 10.4 Å². The fraction of sp³-hybridized carbons (Fsp3) is 0.778. The summed E-state index contributed by atoms with van der Waals surface area (Å²) in [5.74, 6) is 0.916. The predicted molar refractivity (Wildman–Crippen MR) is 105 cm³/mol. The number of piperidine rings is 1. The second-order valence-corrected chi connectivity index (χ2v) is 7.66. The van der Waals surface area contributed by atoms with Gasteiger partial charge in [-0.3, -0.25) is 9.89 Å². The number of ether oxygens (including phenoxy) is 1. The van der Waals surface area contributed by atoms with Gasteiger partial charge in [-0.05, 0) is 33.2 Å². The van der Waals surface area contributed by atoms with Gasteiger partial charge in [0.15, 0.2) is 5.96 Å². The van der Waals surface area contributed by atoms with E-state index in [1.54, 1.807) is 18.4 Å². The molecule has 1 aliphatic heterocycles. The van der Waals surface area contributed by atoms with Crippen LogP contribution in [0.2, 0.25) is 0 Å². The van der Waals surface area contributed by atoms with Gasteiger partial charge in [0.05, 0.1) is 12.2 Å². The smallest absolute Gasteiger partial charge is 0.193 e. The van der Waals surface area contributed by atoms with Gasteiger partial charge in [0, 0.05) is 45.7 Å². The van der Waals surface area contributed by atoms with E-state index in [2.05, 4.69) is 44.4 Å². The highest BCUT2D eigenvalue weighted by atomic mass is 32.1. The van der Waals surface area contributed by atoms with Crippen LogP contribution in [0, 0.1) is 0 Å². The van der Waals surface area contributed by atoms with Crippen LogP contribution >= 0.6 is 11.3 Å². The van der Waals surface area contributed by atoms with Crippen LogP contribution < -0.4 is 5.32 Å². The number of thiazole rings is 1. The van der Waals surface area contributed by atoms with Crippen molar-refractivity contribution in [3.63, 3.8) is 0 Å². The normalized spacial score (nSPS) is 20.5. The molecule has 142 valence electrons. The van der Waals surface area contributed by atoms with Gasteiger partial charge in [-0.2, -0.15) is 0 Å². The van der Waals surface area contributed by atoms with Crippen LogP contribution in [0.25, 0.3) is 0 Å². The number of aliphatic imine (C=N–C) groups is 1. The van der Waals surface area contributed by atoms with Crippen molar-refractivity contribution in [2.75, 3.05) is 40.8 Å². The first-order chi connectivity index (χ1) is 12.0. The Kier molecular flexibility index (Phi) is 8.12. The summed E-state index contributed by atoms with van der Waals surface area (Å²) in [4.78, 5) is 13.8. The van der Waals surface area contributed by atoms with Crippen molar-refractivity contribution < 1.29 is 4.74 Å². The molecule has 1 N–H and O–H groups in total. The van der Waals surface area contributed by atoms with Crippen molar-refractivity contribution in [2.24, 2.45) is 4.99 Å². The molecule has 0 aliphatic carbocycles. The molecule has 25 heavy (non-hydrogen) atoms. The lowest BCUT2D eigenvalue weighted by Crippen LogP contribution is -2.45. The molecular formula is C18H33N5OS. The van der Waals surface area contributed by atoms with E-state index < -0.39 is 0 Å². The average Bonchev–Trinajstić information content (AvgIpc) is 3.07. The standard InChI is InChI=1S/C18H33N5OS/c1-14-8-6-7-10-23(14)11-9-20-18(19-3)22(4)12-16-13-25-17(21-16)15(2)24-5/h13-15H,6-12H2,1-5H3,(H,19,20). The molecule has 1 saturated heterocycles. The Labute approximate surface area is 156 Å². The number of nitrogens with zero attached hydrogens (tertiary/aromatic N) is 4. The van der Waals surface area contributed by atoms with Crippen LogP contribution in [0.4, 0.5) is 0 Å². The zero-order valence-electron chi connectivity index (χ0n) is 16.3. The quantitative estimate of drug-likeness (QED) is 0.593. The number of hydrogen-bond acceptors (Lipinski definition) is 5. The molecule has 2 rings (SSSR count). The lowest BCUT2D eigenvalue weighted by atomic mass is 10.0. The summed E-state index contributed by atoms with van der Waals surface area (Å²) >= 11 is 1.65. The minimum absolute atomic E-state index is 0.0491. The molecule has 6 nitrogen and oxygen atoms in total. The topological polar surface area (TPSA) is 53.0 Å². The molecule has 0 amide bonds. The molecule has 0 spiro atoms. The van der Waals surface area contributed by atoms with E-state index in [0.717, 1.165) is 36.3 Å². The van der Waals surface area contributed by atoms with Gasteiger partial charge in [0.25, 0.3) is 0 Å². The third-order valence-electron chi connectivity index (χ3n) is 4.87. The van der Waals surface area contributed by atoms with Crippen molar-refractivity contribution in [3.05, 3.63) is 16.1 Å². The van der Waals surface area contributed by atoms with Crippen molar-refractivity contribution in [1.82, 2.24) is 20.1 Å². The van der Waals surface area contributed by atoms with Crippen LogP contribution in [-0.4, -0.2) is 67.6 Å². The first-order valence-electron chi connectivity index (χ1n) is 9.18. The van der Waals surface area contributed by atoms with Crippen molar-refractivity contribution in [3.8, 4) is 0 Å². The number of likely N-dealkylation sites (tertiary alicyclic amines) is 1. The second kappa shape index (κ2) is 10.1. The highest BCUT2D eigenvalue weighted by Crippen LogP contribution is 2.21. The summed E-state index contributed by atoms with van der Waals surface area (Å²) in [6, 6.07) is 0.700. The molecule has 2 unspecified atom stereocenters. The van der Waals surface area contributed by atoms with E-state index in [1.165, 1.54) is 25.8 Å². The Morgan fingerprint density at radius 3 is 3.04 bits per heavy atom. The second-order valence-electron chi connectivity index (χ2n) is 6.77. The van der Waals surface area contributed by atoms with Gasteiger partial charge in [0.1, 0.15) is 11.1 Å². The Morgan fingerprint density at radius 2 is 2.36 bits per heavy atom. The monoisotopic (exact) mass is 367 g/mol. The lowest BCUT2D eigenvalue weighted by Gasteiger charge is -2.33. The molecule has 1 aromatic rings. The van der Waals surface area contributed by atoms with E-state index in [-0.39, 0.29) is 6.10 Å². The summed E-state index contributed by atoms with van der Waals surface area (Å²) in [7, 11) is 5.60. The van der Waals surface area contributed by atoms with Crippen LogP contribution in [0.1, 0.15) is 49.9 Å². The first-order valence-corrected chi connectivity index (χ1v) is 10.1. The Balaban J connectivity index is 1.80. The fourth-order valence-electron chi connectivity index (χ4n) is 3.19. The van der Waals surface area contributed by atoms with Gasteiger partial charge in [-0.15, -0.1) is 11.3 Å². The van der Waals surface area contributed by atoms with Gasteiger partial charge < -0.3 is 15.0 Å². The lowest BCUT2D eigenvalue weighted by molar-refractivity contribution is 0.119. The predicted octanol–water partition coefficient (Wildman–Crippen LogP) is 2.73. The van der Waals surface area contributed by atoms with Crippen molar-refractivity contribution in [1.29, 1.82) is 0 Å². The molecule has 1 aromatic heterocycles. The third-order valence-corrected chi connectivity index (χ3v) is 5.92. The SMILES string of the molecule is CN=C(NCCN1CCCCC1C)N(C)Cc1csc(C(C)OC)n1. The largest absolute Gasteiger partial charge is 0.375 e. The zero-order valence-corrected chi connectivity index (χ0v) is 17.1. The molecule has 0 aromatic carbocycles. The van der Waals surface area contributed by atoms with E-state index in [0.29, 0.717) is 6.04 Å². The summed E-state index contributed by atoms with van der Waals surface area (Å²) in [6.07, 6.45) is 4.06. The summed E-state index contributed by atoms with van der Waals surface area (Å²) in [5, 5.41) is 6.61. The minimum Gasteiger partial charge on any atom is -0.375 e. The van der Waals surface area contributed by atoms with Crippen molar-refractivity contribution >= 4 is 17.3 Å². The van der Waals surface area contributed by atoms with Crippen LogP contribution in [0.3, 0.4) is 0 Å². The molecular weight excluding hydrogens is 334 g/mol.